The van der Waals surface area contributed by atoms with Gasteiger partial charge in [0, 0.05) is 19.6 Å². The van der Waals surface area contributed by atoms with Crippen LogP contribution in [-0.4, -0.2) is 49.9 Å². The Balaban J connectivity index is 4.01. The van der Waals surface area contributed by atoms with Crippen molar-refractivity contribution in [2.75, 3.05) is 33.0 Å². The van der Waals surface area contributed by atoms with Crippen molar-refractivity contribution in [1.82, 2.24) is 0 Å². The highest BCUT2D eigenvalue weighted by atomic mass is 31.2. The average molecular weight is 798 g/mol. The summed E-state index contributed by atoms with van der Waals surface area (Å²) < 4.78 is 33.5. The average Bonchev–Trinajstić information content (AvgIpc) is 3.17. The van der Waals surface area contributed by atoms with E-state index in [4.69, 9.17) is 24.3 Å². The predicted molar refractivity (Wildman–Crippen MR) is 233 cm³/mol. The predicted octanol–water partition coefficient (Wildman–Crippen LogP) is 13.8. The van der Waals surface area contributed by atoms with Crippen LogP contribution in [0.3, 0.4) is 0 Å². The fourth-order valence-corrected chi connectivity index (χ4v) is 7.14. The zero-order chi connectivity index (χ0) is 40.2. The number of nitrogens with two attached hydrogens (primary N) is 1. The van der Waals surface area contributed by atoms with Gasteiger partial charge < -0.3 is 20.1 Å². The van der Waals surface area contributed by atoms with Crippen LogP contribution in [0.2, 0.25) is 0 Å². The van der Waals surface area contributed by atoms with Crippen LogP contribution in [-0.2, 0) is 27.9 Å². The lowest BCUT2D eigenvalue weighted by molar-refractivity contribution is -0.154. The van der Waals surface area contributed by atoms with Gasteiger partial charge in [0.1, 0.15) is 6.10 Å². The summed E-state index contributed by atoms with van der Waals surface area (Å²) in [5.74, 6) is -0.338. The number of phosphoric ester groups is 1. The third kappa shape index (κ3) is 43.7. The van der Waals surface area contributed by atoms with E-state index in [2.05, 4.69) is 50.3 Å². The normalized spacial score (nSPS) is 13.7. The number of allylic oxidation sites excluding steroid dienone is 6. The monoisotopic (exact) mass is 798 g/mol. The van der Waals surface area contributed by atoms with Crippen LogP contribution in [0.1, 0.15) is 213 Å². The molecule has 0 aliphatic heterocycles. The molecule has 0 rings (SSSR count). The molecule has 0 bridgehead atoms. The fraction of sp³-hybridized carbons (Fsp3) is 0.848. The van der Waals surface area contributed by atoms with Crippen molar-refractivity contribution in [1.29, 1.82) is 0 Å². The minimum atomic E-state index is -4.28. The molecule has 0 aromatic carbocycles. The van der Waals surface area contributed by atoms with E-state index in [1.807, 2.05) is 0 Å². The van der Waals surface area contributed by atoms with Gasteiger partial charge >= 0.3 is 13.8 Å². The van der Waals surface area contributed by atoms with Crippen molar-refractivity contribution >= 4 is 13.8 Å². The van der Waals surface area contributed by atoms with Crippen LogP contribution in [0, 0.1) is 0 Å². The summed E-state index contributed by atoms with van der Waals surface area (Å²) in [6.07, 6.45) is 50.2. The lowest BCUT2D eigenvalue weighted by Gasteiger charge is -2.20. The van der Waals surface area contributed by atoms with Crippen molar-refractivity contribution < 1.29 is 32.8 Å². The first-order valence-corrected chi connectivity index (χ1v) is 24.5. The first kappa shape index (κ1) is 53.7. The molecular formula is C46H88NO7P. The molecule has 0 fully saturated rings. The van der Waals surface area contributed by atoms with Gasteiger partial charge in [-0.05, 0) is 70.6 Å². The fourth-order valence-electron chi connectivity index (χ4n) is 6.37. The van der Waals surface area contributed by atoms with Crippen LogP contribution in [0.15, 0.2) is 36.5 Å². The number of hydrogen-bond donors (Lipinski definition) is 2. The van der Waals surface area contributed by atoms with Gasteiger partial charge in [-0.1, -0.05) is 172 Å². The van der Waals surface area contributed by atoms with Gasteiger partial charge in [0.15, 0.2) is 0 Å². The maximum absolute atomic E-state index is 12.6. The minimum Gasteiger partial charge on any atom is -0.457 e. The lowest BCUT2D eigenvalue weighted by Crippen LogP contribution is -2.28. The smallest absolute Gasteiger partial charge is 0.457 e. The van der Waals surface area contributed by atoms with Gasteiger partial charge in [-0.2, -0.15) is 0 Å². The molecule has 0 spiro atoms. The Kier molecular flexibility index (Phi) is 42.8. The van der Waals surface area contributed by atoms with E-state index in [-0.39, 0.29) is 32.3 Å². The van der Waals surface area contributed by atoms with Crippen LogP contribution in [0.5, 0.6) is 0 Å². The second-order valence-electron chi connectivity index (χ2n) is 15.3. The van der Waals surface area contributed by atoms with Gasteiger partial charge in [-0.25, -0.2) is 4.57 Å². The molecule has 2 unspecified atom stereocenters. The minimum absolute atomic E-state index is 0.0976. The van der Waals surface area contributed by atoms with E-state index in [0.29, 0.717) is 13.0 Å². The van der Waals surface area contributed by atoms with E-state index in [9.17, 15) is 14.3 Å². The summed E-state index contributed by atoms with van der Waals surface area (Å²) in [4.78, 5) is 22.5. The third-order valence-electron chi connectivity index (χ3n) is 9.78. The quantitative estimate of drug-likeness (QED) is 0.0271. The highest BCUT2D eigenvalue weighted by Gasteiger charge is 2.25. The molecule has 0 aromatic heterocycles. The van der Waals surface area contributed by atoms with E-state index >= 15 is 0 Å². The van der Waals surface area contributed by atoms with Crippen LogP contribution in [0.4, 0.5) is 0 Å². The topological polar surface area (TPSA) is 117 Å². The lowest BCUT2D eigenvalue weighted by atomic mass is 10.1. The Morgan fingerprint density at radius 2 is 0.964 bits per heavy atom. The van der Waals surface area contributed by atoms with Gasteiger partial charge in [0.05, 0.1) is 19.8 Å². The number of unbranched alkanes of at least 4 members (excludes halogenated alkanes) is 25. The van der Waals surface area contributed by atoms with Gasteiger partial charge in [-0.3, -0.25) is 13.8 Å². The molecule has 324 valence electrons. The standard InChI is InChI=1S/C46H88NO7P/c1-3-5-7-9-11-13-15-17-19-21-22-24-26-28-30-32-34-36-38-41-51-43-45(44-53-55(49,50)52-42-40-47)54-46(48)39-37-35-33-31-29-27-25-23-20-18-16-14-12-10-8-6-4-2/h12,14,18-21,45H,3-11,13,15-17,22-44,47H2,1-2H3,(H,49,50)/b14-12-,20-18-,21-19-. The molecule has 0 saturated carbocycles. The van der Waals surface area contributed by atoms with E-state index < -0.39 is 13.9 Å². The van der Waals surface area contributed by atoms with E-state index in [0.717, 1.165) is 44.9 Å². The number of carbonyl (C=O) groups excluding carboxylic acids is 1. The second kappa shape index (κ2) is 43.8. The molecule has 9 heteroatoms. The molecule has 0 heterocycles. The second-order valence-corrected chi connectivity index (χ2v) is 16.7. The maximum atomic E-state index is 12.6. The number of ether oxygens (including phenoxy) is 2. The van der Waals surface area contributed by atoms with E-state index in [1.165, 1.54) is 148 Å². The first-order chi connectivity index (χ1) is 26.9. The highest BCUT2D eigenvalue weighted by molar-refractivity contribution is 7.47. The molecule has 3 N–H and O–H groups in total. The zero-order valence-electron chi connectivity index (χ0n) is 35.9. The summed E-state index contributed by atoms with van der Waals surface area (Å²) in [6.45, 7) is 4.90. The largest absolute Gasteiger partial charge is 0.472 e. The van der Waals surface area contributed by atoms with Crippen molar-refractivity contribution in [2.45, 2.75) is 219 Å². The molecule has 0 aliphatic carbocycles. The van der Waals surface area contributed by atoms with E-state index in [1.54, 1.807) is 0 Å². The summed E-state index contributed by atoms with van der Waals surface area (Å²) >= 11 is 0. The summed E-state index contributed by atoms with van der Waals surface area (Å²) in [7, 11) is -4.28. The highest BCUT2D eigenvalue weighted by Crippen LogP contribution is 2.43. The molecule has 0 aromatic rings. The third-order valence-corrected chi connectivity index (χ3v) is 10.8. The Morgan fingerprint density at radius 3 is 1.47 bits per heavy atom. The molecule has 8 nitrogen and oxygen atoms in total. The summed E-state index contributed by atoms with van der Waals surface area (Å²) in [5.41, 5.74) is 5.37. The van der Waals surface area contributed by atoms with Crippen molar-refractivity contribution in [2.24, 2.45) is 5.73 Å². The molecule has 55 heavy (non-hydrogen) atoms. The van der Waals surface area contributed by atoms with Gasteiger partial charge in [0.25, 0.3) is 0 Å². The summed E-state index contributed by atoms with van der Waals surface area (Å²) in [6, 6.07) is 0. The molecular weight excluding hydrogens is 709 g/mol. The molecule has 0 radical (unpaired) electrons. The number of phosphoric acid groups is 1. The number of hydrogen-bond acceptors (Lipinski definition) is 7. The zero-order valence-corrected chi connectivity index (χ0v) is 36.8. The van der Waals surface area contributed by atoms with Crippen molar-refractivity contribution in [3.8, 4) is 0 Å². The Hall–Kier alpha value is -1.28. The van der Waals surface area contributed by atoms with Gasteiger partial charge in [0.2, 0.25) is 0 Å². The maximum Gasteiger partial charge on any atom is 0.472 e. The van der Waals surface area contributed by atoms with Gasteiger partial charge in [-0.15, -0.1) is 0 Å². The SMILES string of the molecule is CCCCC/C=C\C/C=C\CCCCCCCCCC(=O)OC(COCCCCCCCCCC/C=C\CCCCCCCCC)COP(=O)(O)OCCN. The number of rotatable bonds is 44. The van der Waals surface area contributed by atoms with Crippen LogP contribution < -0.4 is 5.73 Å². The first-order valence-electron chi connectivity index (χ1n) is 23.0. The number of esters is 1. The molecule has 0 saturated heterocycles. The van der Waals surface area contributed by atoms with Crippen LogP contribution in [0.25, 0.3) is 0 Å². The molecule has 0 amide bonds. The number of carbonyl (C=O) groups is 1. The Bertz CT molecular complexity index is 941. The summed E-state index contributed by atoms with van der Waals surface area (Å²) in [5, 5.41) is 0. The Morgan fingerprint density at radius 1 is 0.545 bits per heavy atom. The molecule has 2 atom stereocenters. The van der Waals surface area contributed by atoms with Crippen molar-refractivity contribution in [3.05, 3.63) is 36.5 Å². The van der Waals surface area contributed by atoms with Crippen LogP contribution >= 0.6 is 7.82 Å². The van der Waals surface area contributed by atoms with Crippen molar-refractivity contribution in [3.63, 3.8) is 0 Å². The molecule has 0 aliphatic rings. The Labute approximate surface area is 339 Å².